The molecule has 0 spiro atoms. The number of allylic oxidation sites excluding steroid dienone is 2. The molecule has 2 aromatic carbocycles. The molecule has 2 amide bonds. The average molecular weight is 560 g/mol. The zero-order valence-corrected chi connectivity index (χ0v) is 22.9. The van der Waals surface area contributed by atoms with Gasteiger partial charge in [0.25, 0.3) is 11.8 Å². The van der Waals surface area contributed by atoms with E-state index in [1.54, 1.807) is 24.3 Å². The molecule has 0 aliphatic heterocycles. The lowest BCUT2D eigenvalue weighted by atomic mass is 9.60. The second-order valence-electron chi connectivity index (χ2n) is 11.2. The molecule has 10 heteroatoms. The van der Waals surface area contributed by atoms with Crippen molar-refractivity contribution < 1.29 is 34.5 Å². The Morgan fingerprint density at radius 1 is 1.15 bits per heavy atom. The number of aromatic hydroxyl groups is 1. The monoisotopic (exact) mass is 559 g/mol. The molecule has 0 bridgehead atoms. The van der Waals surface area contributed by atoms with E-state index in [2.05, 4.69) is 5.32 Å². The third-order valence-corrected chi connectivity index (χ3v) is 8.36. The zero-order chi connectivity index (χ0) is 29.6. The zero-order valence-electron chi connectivity index (χ0n) is 22.9. The molecule has 0 saturated heterocycles. The first-order valence-electron chi connectivity index (χ1n) is 13.6. The molecule has 2 aromatic rings. The van der Waals surface area contributed by atoms with Gasteiger partial charge in [-0.25, -0.2) is 0 Å². The van der Waals surface area contributed by atoms with Gasteiger partial charge in [-0.05, 0) is 87.1 Å². The molecule has 0 radical (unpaired) electrons. The number of carbonyl (C=O) groups excluding carboxylic acids is 4. The van der Waals surface area contributed by atoms with Crippen LogP contribution in [-0.4, -0.2) is 76.4 Å². The van der Waals surface area contributed by atoms with E-state index in [0.717, 1.165) is 13.0 Å². The van der Waals surface area contributed by atoms with E-state index in [1.807, 2.05) is 25.1 Å². The topological polar surface area (TPSA) is 170 Å². The maximum absolute atomic E-state index is 13.8. The van der Waals surface area contributed by atoms with Gasteiger partial charge >= 0.3 is 0 Å². The van der Waals surface area contributed by atoms with Crippen molar-refractivity contribution in [3.63, 3.8) is 0 Å². The van der Waals surface area contributed by atoms with Crippen molar-refractivity contribution in [3.8, 4) is 16.9 Å². The number of phenolic OH excluding ortho intramolecular Hbond substituents is 1. The van der Waals surface area contributed by atoms with E-state index >= 15 is 0 Å². The summed E-state index contributed by atoms with van der Waals surface area (Å²) < 4.78 is 0. The summed E-state index contributed by atoms with van der Waals surface area (Å²) in [5, 5.41) is 36.2. The fraction of sp³-hybridized carbons (Fsp3) is 0.355. The fourth-order valence-corrected chi connectivity index (χ4v) is 6.31. The van der Waals surface area contributed by atoms with E-state index < -0.39 is 46.2 Å². The molecule has 3 atom stereocenters. The molecule has 1 unspecified atom stereocenters. The van der Waals surface area contributed by atoms with E-state index in [1.165, 1.54) is 12.1 Å². The first-order valence-corrected chi connectivity index (χ1v) is 13.6. The molecule has 41 heavy (non-hydrogen) atoms. The number of nitrogens with one attached hydrogen (secondary N) is 1. The van der Waals surface area contributed by atoms with Gasteiger partial charge in [-0.1, -0.05) is 24.3 Å². The summed E-state index contributed by atoms with van der Waals surface area (Å²) in [4.78, 5) is 53.5. The third-order valence-electron chi connectivity index (χ3n) is 8.36. The first kappa shape index (κ1) is 28.3. The number of aliphatic hydroxyl groups excluding tert-OH is 1. The summed E-state index contributed by atoms with van der Waals surface area (Å²) in [7, 11) is 3.93. The van der Waals surface area contributed by atoms with Crippen LogP contribution in [0.15, 0.2) is 59.4 Å². The summed E-state index contributed by atoms with van der Waals surface area (Å²) in [6.07, 6.45) is 2.73. The van der Waals surface area contributed by atoms with Crippen LogP contribution in [-0.2, 0) is 16.0 Å². The summed E-state index contributed by atoms with van der Waals surface area (Å²) in [6, 6.07) is 10.1. The van der Waals surface area contributed by atoms with Crippen LogP contribution >= 0.6 is 0 Å². The predicted octanol–water partition coefficient (Wildman–Crippen LogP) is 2.04. The second kappa shape index (κ2) is 10.6. The second-order valence-corrected chi connectivity index (χ2v) is 11.2. The van der Waals surface area contributed by atoms with Gasteiger partial charge in [-0.3, -0.25) is 19.2 Å². The van der Waals surface area contributed by atoms with Crippen LogP contribution in [0.2, 0.25) is 0 Å². The maximum Gasteiger partial charge on any atom is 0.252 e. The Bertz CT molecular complexity index is 1540. The number of amides is 2. The highest BCUT2D eigenvalue weighted by atomic mass is 16.3. The molecule has 0 aromatic heterocycles. The summed E-state index contributed by atoms with van der Waals surface area (Å²) in [5.41, 5.74) is 4.62. The highest BCUT2D eigenvalue weighted by molar-refractivity contribution is 6.24. The third kappa shape index (κ3) is 4.72. The van der Waals surface area contributed by atoms with Crippen molar-refractivity contribution in [2.24, 2.45) is 17.6 Å². The van der Waals surface area contributed by atoms with E-state index in [-0.39, 0.29) is 42.1 Å². The Hall–Kier alpha value is -4.28. The summed E-state index contributed by atoms with van der Waals surface area (Å²) in [5.74, 6) is -5.36. The number of nitrogens with two attached hydrogens (primary N) is 1. The number of benzene rings is 2. The van der Waals surface area contributed by atoms with Crippen molar-refractivity contribution in [2.45, 2.75) is 31.3 Å². The molecule has 6 N–H and O–H groups in total. The molecule has 0 saturated carbocycles. The molecule has 5 rings (SSSR count). The Morgan fingerprint density at radius 3 is 2.61 bits per heavy atom. The molecule has 3 aliphatic carbocycles. The van der Waals surface area contributed by atoms with Gasteiger partial charge in [-0.2, -0.15) is 0 Å². The number of hydrogen-bond acceptors (Lipinski definition) is 8. The number of hydrogen-bond donors (Lipinski definition) is 5. The molecular formula is C31H33N3O7. The summed E-state index contributed by atoms with van der Waals surface area (Å²) >= 11 is 0. The average Bonchev–Trinajstić information content (AvgIpc) is 2.92. The van der Waals surface area contributed by atoms with Crippen molar-refractivity contribution >= 4 is 23.4 Å². The van der Waals surface area contributed by atoms with Gasteiger partial charge in [-0.15, -0.1) is 0 Å². The minimum absolute atomic E-state index is 0.0326. The Balaban J connectivity index is 1.51. The molecule has 0 heterocycles. The molecule has 0 fully saturated rings. The minimum atomic E-state index is -2.44. The normalized spacial score (nSPS) is 23.5. The van der Waals surface area contributed by atoms with Crippen molar-refractivity contribution in [3.05, 3.63) is 76.1 Å². The van der Waals surface area contributed by atoms with Crippen molar-refractivity contribution in [1.82, 2.24) is 10.2 Å². The number of phenols is 1. The SMILES string of the molecule is CN(C)CCCNC(=O)c1cccc(-c2ccc(O)c3c2CC2C[C@H]4CC=C(C(N)=O)C(=O)[C@@]4(O)C(O)=C2C3=O)c1. The minimum Gasteiger partial charge on any atom is -0.508 e. The molecule has 10 nitrogen and oxygen atoms in total. The number of nitrogens with zero attached hydrogens (tertiary/aromatic N) is 1. The smallest absolute Gasteiger partial charge is 0.252 e. The van der Waals surface area contributed by atoms with Gasteiger partial charge < -0.3 is 31.3 Å². The number of carbonyl (C=O) groups is 4. The molecule has 214 valence electrons. The lowest BCUT2D eigenvalue weighted by Gasteiger charge is -2.45. The number of primary amides is 1. The van der Waals surface area contributed by atoms with Crippen molar-refractivity contribution in [1.29, 1.82) is 0 Å². The number of rotatable bonds is 7. The quantitative estimate of drug-likeness (QED) is 0.253. The van der Waals surface area contributed by atoms with Crippen LogP contribution in [0.1, 0.15) is 45.5 Å². The highest BCUT2D eigenvalue weighted by Gasteiger charge is 2.58. The van der Waals surface area contributed by atoms with E-state index in [9.17, 15) is 34.5 Å². The van der Waals surface area contributed by atoms with Gasteiger partial charge in [0, 0.05) is 23.6 Å². The first-order chi connectivity index (χ1) is 19.4. The van der Waals surface area contributed by atoms with Gasteiger partial charge in [0.2, 0.25) is 5.78 Å². The number of fused-ring (bicyclic) bond motifs is 3. The van der Waals surface area contributed by atoms with Gasteiger partial charge in [0.05, 0.1) is 11.1 Å². The number of Topliss-reactive ketones (excluding diaryl/α,β-unsaturated/α-hetero) is 2. The molecule has 3 aliphatic rings. The number of aliphatic hydroxyl groups is 2. The van der Waals surface area contributed by atoms with Crippen LogP contribution in [0, 0.1) is 11.8 Å². The van der Waals surface area contributed by atoms with Crippen LogP contribution in [0.4, 0.5) is 0 Å². The highest BCUT2D eigenvalue weighted by Crippen LogP contribution is 2.51. The van der Waals surface area contributed by atoms with Crippen molar-refractivity contribution in [2.75, 3.05) is 27.2 Å². The fourth-order valence-electron chi connectivity index (χ4n) is 6.31. The van der Waals surface area contributed by atoms with Crippen LogP contribution in [0.25, 0.3) is 11.1 Å². The van der Waals surface area contributed by atoms with Crippen LogP contribution < -0.4 is 11.1 Å². The number of ketones is 2. The Labute approximate surface area is 237 Å². The maximum atomic E-state index is 13.8. The van der Waals surface area contributed by atoms with E-state index in [0.29, 0.717) is 28.8 Å². The van der Waals surface area contributed by atoms with Crippen LogP contribution in [0.5, 0.6) is 5.75 Å². The summed E-state index contributed by atoms with van der Waals surface area (Å²) in [6.45, 7) is 1.37. The van der Waals surface area contributed by atoms with Gasteiger partial charge in [0.1, 0.15) is 11.5 Å². The lowest BCUT2D eigenvalue weighted by molar-refractivity contribution is -0.142. The van der Waals surface area contributed by atoms with Crippen LogP contribution in [0.3, 0.4) is 0 Å². The molecular weight excluding hydrogens is 526 g/mol. The Morgan fingerprint density at radius 2 is 1.90 bits per heavy atom. The van der Waals surface area contributed by atoms with Gasteiger partial charge in [0.15, 0.2) is 11.4 Å². The predicted molar refractivity (Wildman–Crippen MR) is 150 cm³/mol. The lowest BCUT2D eigenvalue weighted by Crippen LogP contribution is -2.56. The van der Waals surface area contributed by atoms with E-state index in [4.69, 9.17) is 5.73 Å². The standard InChI is InChI=1S/C31H33N3O7/c1-34(2)12-4-11-33-30(40)17-6-3-5-16(13-17)20-9-10-23(35)25-22(20)15-18-14-19-7-8-21(29(32)39)27(37)31(19,41)28(38)24(18)26(25)36/h3,5-6,8-10,13,18-19,35,38,41H,4,7,11-12,14-15H2,1-2H3,(H2,32,39)(H,33,40)/t18?,19-,31-/m1/s1. The Kier molecular flexibility index (Phi) is 7.31. The largest absolute Gasteiger partial charge is 0.508 e.